The molecule has 0 aliphatic heterocycles. The Morgan fingerprint density at radius 1 is 1.12 bits per heavy atom. The lowest BCUT2D eigenvalue weighted by atomic mass is 10.1. The number of benzene rings is 1. The Bertz CT molecular complexity index is 1050. The molecule has 0 saturated heterocycles. The van der Waals surface area contributed by atoms with E-state index in [0.717, 1.165) is 26.7 Å². The number of thioether (sulfide) groups is 1. The summed E-state index contributed by atoms with van der Waals surface area (Å²) in [6.07, 6.45) is 4.02. The van der Waals surface area contributed by atoms with E-state index in [1.54, 1.807) is 16.4 Å². The molecule has 6 nitrogen and oxygen atoms in total. The zero-order valence-electron chi connectivity index (χ0n) is 13.7. The molecule has 4 rings (SSSR count). The van der Waals surface area contributed by atoms with Gasteiger partial charge in [0.05, 0.1) is 11.4 Å². The highest BCUT2D eigenvalue weighted by molar-refractivity contribution is 9.10. The minimum Gasteiger partial charge on any atom is -0.306 e. The summed E-state index contributed by atoms with van der Waals surface area (Å²) in [5.41, 5.74) is 5.31. The molecule has 0 amide bonds. The fourth-order valence-electron chi connectivity index (χ4n) is 2.61. The molecule has 0 N–H and O–H groups in total. The molecule has 4 aromatic rings. The van der Waals surface area contributed by atoms with Gasteiger partial charge in [-0.15, -0.1) is 5.10 Å². The second-order valence-electron chi connectivity index (χ2n) is 5.73. The van der Waals surface area contributed by atoms with Crippen LogP contribution < -0.4 is 0 Å². The quantitative estimate of drug-likeness (QED) is 0.472. The summed E-state index contributed by atoms with van der Waals surface area (Å²) in [6, 6.07) is 10.1. The average Bonchev–Trinajstić information content (AvgIpc) is 3.21. The Morgan fingerprint density at radius 3 is 2.88 bits per heavy atom. The number of imidazole rings is 1. The molecule has 126 valence electrons. The number of nitrogens with zero attached hydrogens (tertiary/aromatic N) is 6. The van der Waals surface area contributed by atoms with Crippen molar-refractivity contribution in [3.8, 4) is 5.69 Å². The van der Waals surface area contributed by atoms with Gasteiger partial charge in [0, 0.05) is 22.6 Å². The van der Waals surface area contributed by atoms with Crippen molar-refractivity contribution in [1.29, 1.82) is 0 Å². The van der Waals surface area contributed by atoms with Gasteiger partial charge in [-0.1, -0.05) is 23.9 Å². The molecule has 25 heavy (non-hydrogen) atoms. The van der Waals surface area contributed by atoms with Gasteiger partial charge in [0.15, 0.2) is 0 Å². The first kappa shape index (κ1) is 16.3. The van der Waals surface area contributed by atoms with Gasteiger partial charge < -0.3 is 4.40 Å². The van der Waals surface area contributed by atoms with E-state index in [0.29, 0.717) is 5.75 Å². The van der Waals surface area contributed by atoms with Crippen molar-refractivity contribution in [2.75, 3.05) is 0 Å². The minimum absolute atomic E-state index is 0.699. The molecular weight excluding hydrogens is 400 g/mol. The first-order valence-electron chi connectivity index (χ1n) is 7.73. The smallest absolute Gasteiger partial charge is 0.214 e. The van der Waals surface area contributed by atoms with Crippen LogP contribution in [-0.4, -0.2) is 29.6 Å². The lowest BCUT2D eigenvalue weighted by Gasteiger charge is -2.09. The van der Waals surface area contributed by atoms with Crippen LogP contribution in [0.25, 0.3) is 11.3 Å². The maximum atomic E-state index is 4.63. The maximum Gasteiger partial charge on any atom is 0.214 e. The number of tetrazole rings is 1. The Labute approximate surface area is 157 Å². The van der Waals surface area contributed by atoms with Crippen molar-refractivity contribution in [3.63, 3.8) is 0 Å². The Balaban J connectivity index is 1.59. The van der Waals surface area contributed by atoms with Crippen LogP contribution in [0.15, 0.2) is 52.4 Å². The molecule has 0 saturated carbocycles. The zero-order chi connectivity index (χ0) is 17.4. The van der Waals surface area contributed by atoms with E-state index in [4.69, 9.17) is 0 Å². The van der Waals surface area contributed by atoms with Crippen LogP contribution in [-0.2, 0) is 5.75 Å². The number of aromatic nitrogens is 6. The second kappa shape index (κ2) is 6.61. The molecule has 8 heteroatoms. The molecular formula is C17H15BrN6S. The normalized spacial score (nSPS) is 11.3. The van der Waals surface area contributed by atoms with Crippen LogP contribution in [0.3, 0.4) is 0 Å². The van der Waals surface area contributed by atoms with Crippen LogP contribution in [0.2, 0.25) is 0 Å². The number of hydrogen-bond acceptors (Lipinski definition) is 5. The van der Waals surface area contributed by atoms with E-state index in [1.807, 2.05) is 41.1 Å². The molecule has 0 unspecified atom stereocenters. The minimum atomic E-state index is 0.699. The van der Waals surface area contributed by atoms with Gasteiger partial charge in [0.2, 0.25) is 5.16 Å². The van der Waals surface area contributed by atoms with Gasteiger partial charge >= 0.3 is 0 Å². The number of pyridine rings is 1. The Hall–Kier alpha value is -2.19. The standard InChI is InChI=1S/C17H15BrN6S/c1-11-4-3-5-15(12(11)2)24-17(20-21-22-24)25-10-14-9-23-8-13(18)6-7-16(23)19-14/h3-9H,10H2,1-2H3. The summed E-state index contributed by atoms with van der Waals surface area (Å²) >= 11 is 5.05. The summed E-state index contributed by atoms with van der Waals surface area (Å²) in [4.78, 5) is 4.63. The molecule has 0 fully saturated rings. The zero-order valence-corrected chi connectivity index (χ0v) is 16.1. The number of aryl methyl sites for hydroxylation is 1. The van der Waals surface area contributed by atoms with E-state index in [-0.39, 0.29) is 0 Å². The van der Waals surface area contributed by atoms with Gasteiger partial charge in [0.25, 0.3) is 0 Å². The number of rotatable bonds is 4. The van der Waals surface area contributed by atoms with Crippen LogP contribution in [0.4, 0.5) is 0 Å². The Morgan fingerprint density at radius 2 is 2.00 bits per heavy atom. The summed E-state index contributed by atoms with van der Waals surface area (Å²) in [7, 11) is 0. The van der Waals surface area contributed by atoms with Crippen molar-refractivity contribution in [2.24, 2.45) is 0 Å². The van der Waals surface area contributed by atoms with Crippen molar-refractivity contribution >= 4 is 33.3 Å². The van der Waals surface area contributed by atoms with E-state index in [9.17, 15) is 0 Å². The van der Waals surface area contributed by atoms with E-state index in [2.05, 4.69) is 56.4 Å². The van der Waals surface area contributed by atoms with E-state index >= 15 is 0 Å². The van der Waals surface area contributed by atoms with Crippen molar-refractivity contribution < 1.29 is 0 Å². The van der Waals surface area contributed by atoms with Crippen LogP contribution in [0, 0.1) is 13.8 Å². The SMILES string of the molecule is Cc1cccc(-n2nnnc2SCc2cn3cc(Br)ccc3n2)c1C. The highest BCUT2D eigenvalue weighted by Gasteiger charge is 2.13. The summed E-state index contributed by atoms with van der Waals surface area (Å²) < 4.78 is 4.82. The van der Waals surface area contributed by atoms with Crippen molar-refractivity contribution in [2.45, 2.75) is 24.8 Å². The molecule has 0 radical (unpaired) electrons. The molecule has 0 aliphatic rings. The van der Waals surface area contributed by atoms with Crippen molar-refractivity contribution in [1.82, 2.24) is 29.6 Å². The monoisotopic (exact) mass is 414 g/mol. The molecule has 0 bridgehead atoms. The van der Waals surface area contributed by atoms with Crippen LogP contribution in [0.5, 0.6) is 0 Å². The van der Waals surface area contributed by atoms with Crippen LogP contribution >= 0.6 is 27.7 Å². The molecule has 3 aromatic heterocycles. The van der Waals surface area contributed by atoms with Gasteiger partial charge in [-0.05, 0) is 69.5 Å². The largest absolute Gasteiger partial charge is 0.306 e. The highest BCUT2D eigenvalue weighted by Crippen LogP contribution is 2.25. The fourth-order valence-corrected chi connectivity index (χ4v) is 3.73. The van der Waals surface area contributed by atoms with Crippen LogP contribution in [0.1, 0.15) is 16.8 Å². The molecule has 0 atom stereocenters. The Kier molecular flexibility index (Phi) is 4.30. The predicted molar refractivity (Wildman–Crippen MR) is 101 cm³/mol. The lowest BCUT2D eigenvalue weighted by Crippen LogP contribution is -2.02. The van der Waals surface area contributed by atoms with Gasteiger partial charge in [-0.3, -0.25) is 0 Å². The molecule has 0 spiro atoms. The topological polar surface area (TPSA) is 60.9 Å². The fraction of sp³-hybridized carbons (Fsp3) is 0.176. The first-order chi connectivity index (χ1) is 12.1. The number of hydrogen-bond donors (Lipinski definition) is 0. The molecule has 1 aromatic carbocycles. The summed E-state index contributed by atoms with van der Waals surface area (Å²) in [5.74, 6) is 0.699. The third-order valence-electron chi connectivity index (χ3n) is 4.06. The molecule has 3 heterocycles. The average molecular weight is 415 g/mol. The summed E-state index contributed by atoms with van der Waals surface area (Å²) in [6.45, 7) is 4.17. The third-order valence-corrected chi connectivity index (χ3v) is 5.48. The predicted octanol–water partition coefficient (Wildman–Crippen LogP) is 3.98. The number of fused-ring (bicyclic) bond motifs is 1. The second-order valence-corrected chi connectivity index (χ2v) is 7.58. The van der Waals surface area contributed by atoms with Gasteiger partial charge in [-0.2, -0.15) is 4.68 Å². The van der Waals surface area contributed by atoms with Gasteiger partial charge in [-0.25, -0.2) is 4.98 Å². The van der Waals surface area contributed by atoms with Crippen molar-refractivity contribution in [3.05, 3.63) is 64.0 Å². The van der Waals surface area contributed by atoms with E-state index in [1.165, 1.54) is 11.1 Å². The number of halogens is 1. The van der Waals surface area contributed by atoms with E-state index < -0.39 is 0 Å². The third kappa shape index (κ3) is 3.19. The molecule has 0 aliphatic carbocycles. The highest BCUT2D eigenvalue weighted by atomic mass is 79.9. The first-order valence-corrected chi connectivity index (χ1v) is 9.50. The lowest BCUT2D eigenvalue weighted by molar-refractivity contribution is 0.751. The maximum absolute atomic E-state index is 4.63. The van der Waals surface area contributed by atoms with Gasteiger partial charge in [0.1, 0.15) is 5.65 Å². The summed E-state index contributed by atoms with van der Waals surface area (Å²) in [5, 5.41) is 12.9.